The zero-order chi connectivity index (χ0) is 16.2. The zero-order valence-corrected chi connectivity index (χ0v) is 13.5. The molecule has 0 spiro atoms. The van der Waals surface area contributed by atoms with Gasteiger partial charge in [-0.1, -0.05) is 0 Å². The number of ether oxygens (including phenoxy) is 2. The summed E-state index contributed by atoms with van der Waals surface area (Å²) in [5.41, 5.74) is 2.73. The van der Waals surface area contributed by atoms with Crippen molar-refractivity contribution in [2.75, 3.05) is 26.9 Å². The minimum absolute atomic E-state index is 0.105. The Bertz CT molecular complexity index is 677. The van der Waals surface area contributed by atoms with E-state index in [1.165, 1.54) is 5.56 Å². The molecule has 124 valence electrons. The summed E-state index contributed by atoms with van der Waals surface area (Å²) >= 11 is 0. The summed E-state index contributed by atoms with van der Waals surface area (Å²) < 4.78 is 14.6. The van der Waals surface area contributed by atoms with E-state index in [0.29, 0.717) is 32.0 Å². The molecule has 3 rings (SSSR count). The number of rotatable bonds is 6. The third-order valence-electron chi connectivity index (χ3n) is 4.01. The Kier molecular flexibility index (Phi) is 4.78. The zero-order valence-electron chi connectivity index (χ0n) is 13.5. The summed E-state index contributed by atoms with van der Waals surface area (Å²) in [6, 6.07) is 3.64. The normalized spacial score (nSPS) is 17.0. The van der Waals surface area contributed by atoms with Gasteiger partial charge in [0.15, 0.2) is 0 Å². The van der Waals surface area contributed by atoms with Crippen LogP contribution in [-0.4, -0.2) is 47.1 Å². The average molecular weight is 318 g/mol. The number of hydrogen-bond donors (Lipinski definition) is 1. The third-order valence-corrected chi connectivity index (χ3v) is 4.01. The molecule has 1 atom stereocenters. The molecule has 7 heteroatoms. The van der Waals surface area contributed by atoms with Crippen LogP contribution in [0.3, 0.4) is 0 Å². The Balaban J connectivity index is 1.65. The van der Waals surface area contributed by atoms with E-state index in [-0.39, 0.29) is 12.0 Å². The summed E-state index contributed by atoms with van der Waals surface area (Å²) in [7, 11) is 3.52. The van der Waals surface area contributed by atoms with Crippen molar-refractivity contribution in [1.29, 1.82) is 0 Å². The van der Waals surface area contributed by atoms with E-state index >= 15 is 0 Å². The fourth-order valence-corrected chi connectivity index (χ4v) is 2.76. The number of fused-ring (bicyclic) bond motifs is 1. The summed E-state index contributed by atoms with van der Waals surface area (Å²) in [5.74, 6) is -0.105. The number of aryl methyl sites for hydroxylation is 1. The summed E-state index contributed by atoms with van der Waals surface area (Å²) in [5, 5.41) is 7.51. The van der Waals surface area contributed by atoms with Crippen molar-refractivity contribution in [3.05, 3.63) is 41.5 Å². The maximum absolute atomic E-state index is 12.2. The number of hydrogen-bond acceptors (Lipinski definition) is 4. The number of nitrogens with one attached hydrogen (secondary N) is 1. The van der Waals surface area contributed by atoms with Gasteiger partial charge in [0.1, 0.15) is 11.8 Å². The highest BCUT2D eigenvalue weighted by Crippen LogP contribution is 2.25. The first-order valence-corrected chi connectivity index (χ1v) is 7.75. The smallest absolute Gasteiger partial charge is 0.267 e. The molecule has 0 saturated carbocycles. The van der Waals surface area contributed by atoms with Gasteiger partial charge in [-0.25, -0.2) is 0 Å². The first kappa shape index (κ1) is 15.8. The first-order valence-electron chi connectivity index (χ1n) is 7.75. The Labute approximate surface area is 135 Å². The van der Waals surface area contributed by atoms with Gasteiger partial charge in [-0.2, -0.15) is 5.10 Å². The first-order chi connectivity index (χ1) is 11.2. The van der Waals surface area contributed by atoms with E-state index in [0.717, 1.165) is 12.1 Å². The molecular weight excluding hydrogens is 296 g/mol. The molecule has 0 aliphatic carbocycles. The molecular formula is C16H22N4O3. The quantitative estimate of drug-likeness (QED) is 0.859. The number of methoxy groups -OCH3 is 1. The molecule has 23 heavy (non-hydrogen) atoms. The van der Waals surface area contributed by atoms with Gasteiger partial charge in [0.2, 0.25) is 0 Å². The topological polar surface area (TPSA) is 70.3 Å². The molecule has 2 aromatic rings. The number of carbonyl (C=O) groups excluding carboxylic acids is 1. The van der Waals surface area contributed by atoms with Crippen molar-refractivity contribution in [1.82, 2.24) is 19.7 Å². The van der Waals surface area contributed by atoms with Crippen LogP contribution in [0.4, 0.5) is 0 Å². The molecule has 1 N–H and O–H groups in total. The van der Waals surface area contributed by atoms with Crippen molar-refractivity contribution >= 4 is 5.91 Å². The number of aromatic nitrogens is 3. The van der Waals surface area contributed by atoms with Crippen LogP contribution >= 0.6 is 0 Å². The molecule has 1 unspecified atom stereocenters. The van der Waals surface area contributed by atoms with Crippen LogP contribution in [0.5, 0.6) is 0 Å². The van der Waals surface area contributed by atoms with Crippen LogP contribution in [-0.2, 0) is 29.5 Å². The fourth-order valence-electron chi connectivity index (χ4n) is 2.76. The Morgan fingerprint density at radius 2 is 2.43 bits per heavy atom. The average Bonchev–Trinajstić information content (AvgIpc) is 3.16. The van der Waals surface area contributed by atoms with Gasteiger partial charge >= 0.3 is 0 Å². The van der Waals surface area contributed by atoms with E-state index in [1.54, 1.807) is 17.7 Å². The maximum Gasteiger partial charge on any atom is 0.267 e. The molecule has 1 aliphatic heterocycles. The van der Waals surface area contributed by atoms with Gasteiger partial charge in [0.25, 0.3) is 5.91 Å². The fraction of sp³-hybridized carbons (Fsp3) is 0.500. The molecule has 0 saturated heterocycles. The Morgan fingerprint density at radius 1 is 1.57 bits per heavy atom. The highest BCUT2D eigenvalue weighted by Gasteiger charge is 2.25. The van der Waals surface area contributed by atoms with Gasteiger partial charge in [-0.15, -0.1) is 0 Å². The van der Waals surface area contributed by atoms with Crippen molar-refractivity contribution in [2.24, 2.45) is 7.05 Å². The molecule has 7 nitrogen and oxygen atoms in total. The van der Waals surface area contributed by atoms with Crippen LogP contribution < -0.4 is 5.32 Å². The second-order valence-electron chi connectivity index (χ2n) is 5.62. The molecule has 2 aromatic heterocycles. The van der Waals surface area contributed by atoms with E-state index in [1.807, 2.05) is 30.2 Å². The van der Waals surface area contributed by atoms with Gasteiger partial charge < -0.3 is 19.4 Å². The second kappa shape index (κ2) is 6.97. The highest BCUT2D eigenvalue weighted by molar-refractivity contribution is 5.92. The van der Waals surface area contributed by atoms with Crippen LogP contribution in [0, 0.1) is 0 Å². The van der Waals surface area contributed by atoms with Crippen LogP contribution in [0.2, 0.25) is 0 Å². The Hall–Kier alpha value is -2.12. The molecule has 0 aromatic carbocycles. The SMILES string of the molecule is COCCn1cc2c(n1)C(CNC(=O)c1cccn1C)OCC2. The van der Waals surface area contributed by atoms with E-state index in [2.05, 4.69) is 10.4 Å². The second-order valence-corrected chi connectivity index (χ2v) is 5.62. The molecule has 0 bridgehead atoms. The highest BCUT2D eigenvalue weighted by atomic mass is 16.5. The van der Waals surface area contributed by atoms with E-state index in [9.17, 15) is 4.79 Å². The molecule has 1 aliphatic rings. The lowest BCUT2D eigenvalue weighted by Gasteiger charge is -2.22. The van der Waals surface area contributed by atoms with Gasteiger partial charge in [-0.05, 0) is 24.1 Å². The van der Waals surface area contributed by atoms with Gasteiger partial charge in [0, 0.05) is 33.1 Å². The monoisotopic (exact) mass is 318 g/mol. The van der Waals surface area contributed by atoms with Crippen LogP contribution in [0.1, 0.15) is 27.8 Å². The van der Waals surface area contributed by atoms with Gasteiger partial charge in [-0.3, -0.25) is 9.48 Å². The minimum Gasteiger partial charge on any atom is -0.383 e. The third kappa shape index (κ3) is 3.46. The van der Waals surface area contributed by atoms with E-state index < -0.39 is 0 Å². The number of amides is 1. The summed E-state index contributed by atoms with van der Waals surface area (Å²) in [6.45, 7) is 2.40. The number of carbonyl (C=O) groups is 1. The maximum atomic E-state index is 12.2. The van der Waals surface area contributed by atoms with Crippen LogP contribution in [0.15, 0.2) is 24.5 Å². The largest absolute Gasteiger partial charge is 0.383 e. The summed E-state index contributed by atoms with van der Waals surface area (Å²) in [4.78, 5) is 12.2. The Morgan fingerprint density at radius 3 is 3.17 bits per heavy atom. The van der Waals surface area contributed by atoms with Crippen LogP contribution in [0.25, 0.3) is 0 Å². The minimum atomic E-state index is -0.202. The lowest BCUT2D eigenvalue weighted by molar-refractivity contribution is 0.0381. The predicted octanol–water partition coefficient (Wildman–Crippen LogP) is 0.912. The van der Waals surface area contributed by atoms with Gasteiger partial charge in [0.05, 0.1) is 25.5 Å². The molecule has 0 radical (unpaired) electrons. The van der Waals surface area contributed by atoms with Crippen molar-refractivity contribution in [3.63, 3.8) is 0 Å². The van der Waals surface area contributed by atoms with Crippen molar-refractivity contribution in [2.45, 2.75) is 19.1 Å². The summed E-state index contributed by atoms with van der Waals surface area (Å²) in [6.07, 6.45) is 4.54. The number of nitrogens with zero attached hydrogens (tertiary/aromatic N) is 3. The predicted molar refractivity (Wildman–Crippen MR) is 84.2 cm³/mol. The van der Waals surface area contributed by atoms with Crippen molar-refractivity contribution < 1.29 is 14.3 Å². The molecule has 1 amide bonds. The lowest BCUT2D eigenvalue weighted by Crippen LogP contribution is -2.32. The van der Waals surface area contributed by atoms with Crippen molar-refractivity contribution in [3.8, 4) is 0 Å². The molecule has 0 fully saturated rings. The standard InChI is InChI=1S/C16H22N4O3/c1-19-6-3-4-13(19)16(21)17-10-14-15-12(5-8-23-14)11-20(18-15)7-9-22-2/h3-4,6,11,14H,5,7-10H2,1-2H3,(H,17,21). The lowest BCUT2D eigenvalue weighted by atomic mass is 10.1. The molecule has 3 heterocycles. The van der Waals surface area contributed by atoms with E-state index in [4.69, 9.17) is 9.47 Å².